The summed E-state index contributed by atoms with van der Waals surface area (Å²) < 4.78 is 0. The van der Waals surface area contributed by atoms with Crippen molar-refractivity contribution in [1.82, 2.24) is 9.80 Å². The molecule has 2 N–H and O–H groups in total. The molecule has 0 aromatic rings. The molecule has 0 heterocycles. The van der Waals surface area contributed by atoms with E-state index in [2.05, 4.69) is 44.7 Å². The van der Waals surface area contributed by atoms with E-state index in [9.17, 15) is 0 Å². The second kappa shape index (κ2) is 6.88. The van der Waals surface area contributed by atoms with Crippen molar-refractivity contribution < 1.29 is 0 Å². The highest BCUT2D eigenvalue weighted by atomic mass is 15.2. The number of likely N-dealkylation sites (N-methyl/N-ethyl adjacent to an activating group) is 1. The average molecular weight is 255 g/mol. The quantitative estimate of drug-likeness (QED) is 0.789. The lowest BCUT2D eigenvalue weighted by atomic mass is 9.71. The third-order valence-corrected chi connectivity index (χ3v) is 4.56. The van der Waals surface area contributed by atoms with Gasteiger partial charge in [0.05, 0.1) is 0 Å². The molecule has 1 aliphatic carbocycles. The van der Waals surface area contributed by atoms with E-state index in [1.54, 1.807) is 0 Å². The number of nitrogens with two attached hydrogens (primary N) is 1. The highest BCUT2D eigenvalue weighted by Gasteiger charge is 2.38. The van der Waals surface area contributed by atoms with E-state index in [0.717, 1.165) is 6.54 Å². The molecular formula is C15H33N3. The zero-order valence-corrected chi connectivity index (χ0v) is 13.1. The normalized spacial score (nSPS) is 28.0. The Hall–Kier alpha value is -0.120. The van der Waals surface area contributed by atoms with Crippen LogP contribution in [0.25, 0.3) is 0 Å². The Morgan fingerprint density at radius 3 is 2.44 bits per heavy atom. The van der Waals surface area contributed by atoms with E-state index >= 15 is 0 Å². The maximum Gasteiger partial charge on any atom is 0.0252 e. The lowest BCUT2D eigenvalue weighted by molar-refractivity contribution is 0.0691. The molecule has 0 aromatic heterocycles. The topological polar surface area (TPSA) is 32.5 Å². The first-order chi connectivity index (χ1) is 8.38. The second-order valence-corrected chi connectivity index (χ2v) is 6.76. The molecule has 3 nitrogen and oxygen atoms in total. The third-order valence-electron chi connectivity index (χ3n) is 4.56. The van der Waals surface area contributed by atoms with Gasteiger partial charge in [0.15, 0.2) is 0 Å². The van der Waals surface area contributed by atoms with Crippen LogP contribution < -0.4 is 5.73 Å². The number of hydrogen-bond donors (Lipinski definition) is 1. The van der Waals surface area contributed by atoms with E-state index in [1.165, 1.54) is 38.8 Å². The van der Waals surface area contributed by atoms with E-state index in [-0.39, 0.29) is 0 Å². The first-order valence-corrected chi connectivity index (χ1v) is 7.53. The smallest absolute Gasteiger partial charge is 0.0252 e. The van der Waals surface area contributed by atoms with Gasteiger partial charge in [0.2, 0.25) is 0 Å². The number of hydrogen-bond acceptors (Lipinski definition) is 3. The zero-order valence-electron chi connectivity index (χ0n) is 13.1. The largest absolute Gasteiger partial charge is 0.326 e. The molecule has 3 heteroatoms. The second-order valence-electron chi connectivity index (χ2n) is 6.76. The van der Waals surface area contributed by atoms with E-state index in [0.29, 0.717) is 17.5 Å². The summed E-state index contributed by atoms with van der Waals surface area (Å²) in [6, 6.07) is 0.909. The summed E-state index contributed by atoms with van der Waals surface area (Å²) in [5.41, 5.74) is 6.82. The Balaban J connectivity index is 2.53. The Labute approximate surface area is 114 Å². The molecule has 0 aliphatic heterocycles. The Morgan fingerprint density at radius 1 is 1.22 bits per heavy atom. The summed E-state index contributed by atoms with van der Waals surface area (Å²) in [6.45, 7) is 10.4. The summed E-state index contributed by atoms with van der Waals surface area (Å²) in [4.78, 5) is 4.87. The summed E-state index contributed by atoms with van der Waals surface area (Å²) in [5.74, 6) is 0. The molecule has 2 atom stereocenters. The molecule has 2 unspecified atom stereocenters. The number of rotatable bonds is 6. The monoisotopic (exact) mass is 255 g/mol. The molecule has 1 aliphatic rings. The predicted octanol–water partition coefficient (Wildman–Crippen LogP) is 2.17. The van der Waals surface area contributed by atoms with Crippen LogP contribution in [-0.2, 0) is 0 Å². The Morgan fingerprint density at radius 2 is 1.89 bits per heavy atom. The maximum absolute atomic E-state index is 6.51. The summed E-state index contributed by atoms with van der Waals surface area (Å²) in [5, 5.41) is 0. The van der Waals surface area contributed by atoms with E-state index in [1.807, 2.05) is 0 Å². The van der Waals surface area contributed by atoms with Crippen molar-refractivity contribution in [3.05, 3.63) is 0 Å². The van der Waals surface area contributed by atoms with Crippen LogP contribution in [0.2, 0.25) is 0 Å². The first kappa shape index (κ1) is 15.9. The molecule has 0 amide bonds. The highest BCUT2D eigenvalue weighted by Crippen LogP contribution is 2.36. The fourth-order valence-electron chi connectivity index (χ4n) is 3.19. The molecule has 1 fully saturated rings. The first-order valence-electron chi connectivity index (χ1n) is 7.53. The average Bonchev–Trinajstić information content (AvgIpc) is 2.28. The van der Waals surface area contributed by atoms with Crippen LogP contribution in [-0.4, -0.2) is 55.6 Å². The molecule has 0 aromatic carbocycles. The Bertz CT molecular complexity index is 238. The fourth-order valence-corrected chi connectivity index (χ4v) is 3.19. The van der Waals surface area contributed by atoms with Crippen molar-refractivity contribution in [2.24, 2.45) is 11.1 Å². The van der Waals surface area contributed by atoms with Gasteiger partial charge in [-0.15, -0.1) is 0 Å². The minimum Gasteiger partial charge on any atom is -0.326 e. The van der Waals surface area contributed by atoms with Crippen LogP contribution in [0.3, 0.4) is 0 Å². The lowest BCUT2D eigenvalue weighted by Gasteiger charge is -2.46. The molecule has 0 saturated heterocycles. The Kier molecular flexibility index (Phi) is 6.09. The van der Waals surface area contributed by atoms with Gasteiger partial charge in [0, 0.05) is 12.1 Å². The summed E-state index contributed by atoms with van der Waals surface area (Å²) >= 11 is 0. The van der Waals surface area contributed by atoms with Crippen molar-refractivity contribution in [1.29, 1.82) is 0 Å². The van der Waals surface area contributed by atoms with Crippen LogP contribution in [0.1, 0.15) is 46.5 Å². The van der Waals surface area contributed by atoms with Gasteiger partial charge in [-0.3, -0.25) is 4.90 Å². The zero-order chi connectivity index (χ0) is 13.8. The van der Waals surface area contributed by atoms with Gasteiger partial charge in [-0.1, -0.05) is 27.2 Å². The van der Waals surface area contributed by atoms with Crippen LogP contribution in [0.15, 0.2) is 0 Å². The molecule has 1 rings (SSSR count). The minimum atomic E-state index is 0.303. The van der Waals surface area contributed by atoms with Crippen molar-refractivity contribution in [3.8, 4) is 0 Å². The molecule has 108 valence electrons. The van der Waals surface area contributed by atoms with Gasteiger partial charge < -0.3 is 10.6 Å². The highest BCUT2D eigenvalue weighted by molar-refractivity contribution is 4.96. The molecular weight excluding hydrogens is 222 g/mol. The third kappa shape index (κ3) is 4.22. The SMILES string of the molecule is CCN(CCCN(C)C)C1CCCC(C)(C)C1N. The van der Waals surface area contributed by atoms with E-state index in [4.69, 9.17) is 5.73 Å². The fraction of sp³-hybridized carbons (Fsp3) is 1.00. The van der Waals surface area contributed by atoms with E-state index < -0.39 is 0 Å². The molecule has 0 spiro atoms. The van der Waals surface area contributed by atoms with Crippen LogP contribution in [0, 0.1) is 5.41 Å². The van der Waals surface area contributed by atoms with Gasteiger partial charge >= 0.3 is 0 Å². The van der Waals surface area contributed by atoms with Gasteiger partial charge in [-0.2, -0.15) is 0 Å². The van der Waals surface area contributed by atoms with Gasteiger partial charge in [-0.25, -0.2) is 0 Å². The molecule has 0 radical (unpaired) electrons. The molecule has 1 saturated carbocycles. The molecule has 18 heavy (non-hydrogen) atoms. The number of nitrogens with zero attached hydrogens (tertiary/aromatic N) is 2. The van der Waals surface area contributed by atoms with Crippen LogP contribution in [0.4, 0.5) is 0 Å². The van der Waals surface area contributed by atoms with Crippen LogP contribution >= 0.6 is 0 Å². The van der Waals surface area contributed by atoms with Gasteiger partial charge in [-0.05, 0) is 58.4 Å². The summed E-state index contributed by atoms with van der Waals surface area (Å²) in [7, 11) is 4.29. The van der Waals surface area contributed by atoms with Gasteiger partial charge in [0.1, 0.15) is 0 Å². The van der Waals surface area contributed by atoms with Crippen molar-refractivity contribution in [2.75, 3.05) is 33.7 Å². The van der Waals surface area contributed by atoms with Crippen LogP contribution in [0.5, 0.6) is 0 Å². The lowest BCUT2D eigenvalue weighted by Crippen LogP contribution is -2.57. The summed E-state index contributed by atoms with van der Waals surface area (Å²) in [6.07, 6.45) is 5.13. The minimum absolute atomic E-state index is 0.303. The van der Waals surface area contributed by atoms with Crippen molar-refractivity contribution in [2.45, 2.75) is 58.5 Å². The van der Waals surface area contributed by atoms with Crippen molar-refractivity contribution >= 4 is 0 Å². The predicted molar refractivity (Wildman–Crippen MR) is 79.8 cm³/mol. The standard InChI is InChI=1S/C15H33N3/c1-6-18(12-8-11-17(4)5)13-9-7-10-15(2,3)14(13)16/h13-14H,6-12,16H2,1-5H3. The molecule has 0 bridgehead atoms. The maximum atomic E-state index is 6.51. The van der Waals surface area contributed by atoms with Gasteiger partial charge in [0.25, 0.3) is 0 Å². The van der Waals surface area contributed by atoms with Crippen molar-refractivity contribution in [3.63, 3.8) is 0 Å².